The summed E-state index contributed by atoms with van der Waals surface area (Å²) in [6, 6.07) is 10.4. The minimum Gasteiger partial charge on any atom is -0.369 e. The van der Waals surface area contributed by atoms with Crippen LogP contribution in [0.3, 0.4) is 0 Å². The Bertz CT molecular complexity index is 1530. The number of piperidine rings is 1. The zero-order valence-corrected chi connectivity index (χ0v) is 22.7. The first kappa shape index (κ1) is 26.4. The summed E-state index contributed by atoms with van der Waals surface area (Å²) < 4.78 is 0. The fourth-order valence-electron chi connectivity index (χ4n) is 5.97. The second-order valence-electron chi connectivity index (χ2n) is 12.1. The molecular weight excluding hydrogens is 494 g/mol. The van der Waals surface area contributed by atoms with Crippen molar-refractivity contribution in [2.75, 3.05) is 11.9 Å². The van der Waals surface area contributed by atoms with E-state index in [1.165, 1.54) is 6.20 Å². The van der Waals surface area contributed by atoms with Gasteiger partial charge in [-0.2, -0.15) is 15.5 Å². The van der Waals surface area contributed by atoms with Gasteiger partial charge in [0.15, 0.2) is 6.04 Å². The summed E-state index contributed by atoms with van der Waals surface area (Å²) in [7, 11) is 0. The van der Waals surface area contributed by atoms with Crippen molar-refractivity contribution in [2.45, 2.75) is 52.7 Å². The van der Waals surface area contributed by atoms with Crippen molar-refractivity contribution in [1.82, 2.24) is 25.4 Å². The lowest BCUT2D eigenvalue weighted by Crippen LogP contribution is -2.57. The number of likely N-dealkylation sites (tertiary alicyclic amines) is 1. The summed E-state index contributed by atoms with van der Waals surface area (Å²) in [6.45, 7) is 10.4. The van der Waals surface area contributed by atoms with Crippen LogP contribution in [0.15, 0.2) is 53.6 Å². The van der Waals surface area contributed by atoms with Gasteiger partial charge in [-0.05, 0) is 34.8 Å². The van der Waals surface area contributed by atoms with Gasteiger partial charge in [-0.25, -0.2) is 0 Å². The molecule has 3 aromatic rings. The molecule has 39 heavy (non-hydrogen) atoms. The van der Waals surface area contributed by atoms with Crippen molar-refractivity contribution in [3.8, 4) is 6.07 Å². The number of H-pyrrole nitrogens is 1. The second kappa shape index (κ2) is 9.49. The summed E-state index contributed by atoms with van der Waals surface area (Å²) in [5.74, 6) is -0.531. The maximum atomic E-state index is 14.1. The highest BCUT2D eigenvalue weighted by atomic mass is 16.2. The Hall–Kier alpha value is -4.26. The molecule has 2 fully saturated rings. The molecule has 10 nitrogen and oxygen atoms in total. The molecule has 10 heteroatoms. The van der Waals surface area contributed by atoms with E-state index in [4.69, 9.17) is 0 Å². The van der Waals surface area contributed by atoms with Crippen LogP contribution in [0.5, 0.6) is 0 Å². The van der Waals surface area contributed by atoms with Crippen LogP contribution in [0, 0.1) is 34.0 Å². The molecule has 2 aliphatic rings. The number of nitrogens with zero attached hydrogens (tertiary/aromatic N) is 4. The van der Waals surface area contributed by atoms with Crippen LogP contribution in [-0.2, 0) is 9.59 Å². The Labute approximate surface area is 226 Å². The van der Waals surface area contributed by atoms with E-state index in [2.05, 4.69) is 45.7 Å². The fraction of sp³-hybridized carbons (Fsp3) is 0.448. The monoisotopic (exact) mass is 527 g/mol. The summed E-state index contributed by atoms with van der Waals surface area (Å²) in [4.78, 5) is 44.6. The van der Waals surface area contributed by atoms with E-state index in [-0.39, 0.29) is 34.4 Å². The molecule has 1 aromatic carbocycles. The minimum absolute atomic E-state index is 0.0415. The number of carbonyl (C=O) groups excluding carboxylic acids is 2. The molecule has 2 aromatic heterocycles. The van der Waals surface area contributed by atoms with Crippen molar-refractivity contribution in [2.24, 2.45) is 22.7 Å². The SMILES string of the molecule is CC(C)(C)C(Nc1ccc[nH]c1=O)C(=O)N1C[C@H]2[C@@H]([C@H]1C(=O)NC(C#N)c1nncc3ccccc13)C2(C)C. The lowest BCUT2D eigenvalue weighted by Gasteiger charge is -2.38. The Morgan fingerprint density at radius 2 is 1.95 bits per heavy atom. The average molecular weight is 528 g/mol. The van der Waals surface area contributed by atoms with Crippen molar-refractivity contribution >= 4 is 28.3 Å². The second-order valence-corrected chi connectivity index (χ2v) is 12.1. The molecule has 202 valence electrons. The van der Waals surface area contributed by atoms with Crippen LogP contribution >= 0.6 is 0 Å². The molecule has 0 radical (unpaired) electrons. The van der Waals surface area contributed by atoms with Crippen molar-refractivity contribution in [3.05, 3.63) is 64.8 Å². The number of hydrogen-bond acceptors (Lipinski definition) is 7. The van der Waals surface area contributed by atoms with E-state index >= 15 is 0 Å². The summed E-state index contributed by atoms with van der Waals surface area (Å²) in [6.07, 6.45) is 3.14. The number of fused-ring (bicyclic) bond motifs is 2. The lowest BCUT2D eigenvalue weighted by atomic mass is 9.85. The van der Waals surface area contributed by atoms with Gasteiger partial charge in [-0.3, -0.25) is 14.4 Å². The van der Waals surface area contributed by atoms with Gasteiger partial charge >= 0.3 is 0 Å². The number of anilines is 1. The van der Waals surface area contributed by atoms with Crippen LogP contribution in [0.1, 0.15) is 46.4 Å². The van der Waals surface area contributed by atoms with Crippen LogP contribution < -0.4 is 16.2 Å². The number of pyridine rings is 1. The van der Waals surface area contributed by atoms with Crippen LogP contribution in [0.2, 0.25) is 0 Å². The Balaban J connectivity index is 1.44. The smallest absolute Gasteiger partial charge is 0.271 e. The quantitative estimate of drug-likeness (QED) is 0.447. The molecule has 1 aliphatic carbocycles. The third-order valence-corrected chi connectivity index (χ3v) is 8.28. The minimum atomic E-state index is -1.03. The van der Waals surface area contributed by atoms with Gasteiger partial charge < -0.3 is 20.5 Å². The van der Waals surface area contributed by atoms with E-state index in [0.717, 1.165) is 10.8 Å². The predicted octanol–water partition coefficient (Wildman–Crippen LogP) is 3.01. The maximum absolute atomic E-state index is 14.1. The molecule has 0 spiro atoms. The zero-order valence-electron chi connectivity index (χ0n) is 22.7. The number of nitriles is 1. The third kappa shape index (κ3) is 4.62. The van der Waals surface area contributed by atoms with Gasteiger partial charge in [0.05, 0.1) is 12.3 Å². The van der Waals surface area contributed by atoms with Crippen LogP contribution in [-0.4, -0.2) is 50.5 Å². The van der Waals surface area contributed by atoms with E-state index in [9.17, 15) is 19.6 Å². The predicted molar refractivity (Wildman–Crippen MR) is 146 cm³/mol. The molecule has 3 heterocycles. The average Bonchev–Trinajstić information content (AvgIpc) is 3.22. The summed E-state index contributed by atoms with van der Waals surface area (Å²) >= 11 is 0. The molecule has 1 aliphatic heterocycles. The summed E-state index contributed by atoms with van der Waals surface area (Å²) in [5.41, 5.74) is -0.343. The zero-order chi connectivity index (χ0) is 28.1. The molecule has 3 N–H and O–H groups in total. The first-order valence-corrected chi connectivity index (χ1v) is 13.1. The number of benzene rings is 1. The summed E-state index contributed by atoms with van der Waals surface area (Å²) in [5, 5.41) is 25.7. The molecule has 1 saturated carbocycles. The van der Waals surface area contributed by atoms with Gasteiger partial charge in [-0.1, -0.05) is 58.9 Å². The van der Waals surface area contributed by atoms with Gasteiger partial charge in [0, 0.05) is 23.5 Å². The molecule has 5 atom stereocenters. The highest BCUT2D eigenvalue weighted by molar-refractivity contribution is 5.94. The van der Waals surface area contributed by atoms with Gasteiger partial charge in [-0.15, -0.1) is 0 Å². The molecule has 2 unspecified atom stereocenters. The number of amides is 2. The Morgan fingerprint density at radius 3 is 2.64 bits per heavy atom. The highest BCUT2D eigenvalue weighted by Crippen LogP contribution is 2.65. The molecule has 1 saturated heterocycles. The highest BCUT2D eigenvalue weighted by Gasteiger charge is 2.69. The number of aromatic amines is 1. The maximum Gasteiger partial charge on any atom is 0.271 e. The molecule has 2 amide bonds. The van der Waals surface area contributed by atoms with Gasteiger partial charge in [0.25, 0.3) is 5.56 Å². The fourth-order valence-corrected chi connectivity index (χ4v) is 5.97. The lowest BCUT2D eigenvalue weighted by molar-refractivity contribution is -0.142. The normalized spacial score (nSPS) is 22.9. The Morgan fingerprint density at radius 1 is 1.21 bits per heavy atom. The van der Waals surface area contributed by atoms with E-state index in [1.807, 2.05) is 45.0 Å². The van der Waals surface area contributed by atoms with E-state index < -0.39 is 29.4 Å². The van der Waals surface area contributed by atoms with Gasteiger partial charge in [0.1, 0.15) is 23.5 Å². The first-order valence-electron chi connectivity index (χ1n) is 13.1. The topological polar surface area (TPSA) is 144 Å². The number of carbonyl (C=O) groups is 2. The van der Waals surface area contributed by atoms with Crippen molar-refractivity contribution in [3.63, 3.8) is 0 Å². The van der Waals surface area contributed by atoms with Crippen LogP contribution in [0.25, 0.3) is 10.8 Å². The number of aromatic nitrogens is 3. The van der Waals surface area contributed by atoms with Crippen LogP contribution in [0.4, 0.5) is 5.69 Å². The standard InChI is InChI=1S/C29H33N7O3/c1-28(2,3)24(33-19-11-8-12-31-25(19)37)27(39)36-15-18-21(29(18,4)5)23(36)26(38)34-20(13-30)22-17-10-7-6-9-16(17)14-32-35-22/h6-12,14,18,20-21,23-24,33H,15H2,1-5H3,(H,31,37)(H,34,38)/t18-,20?,21-,23-,24?/m0/s1. The first-order chi connectivity index (χ1) is 18.4. The molecular formula is C29H33N7O3. The van der Waals surface area contributed by atoms with Crippen molar-refractivity contribution < 1.29 is 9.59 Å². The molecule has 5 rings (SSSR count). The number of hydrogen-bond donors (Lipinski definition) is 3. The largest absolute Gasteiger partial charge is 0.369 e. The van der Waals surface area contributed by atoms with Crippen molar-refractivity contribution in [1.29, 1.82) is 5.26 Å². The number of rotatable bonds is 6. The van der Waals surface area contributed by atoms with E-state index in [0.29, 0.717) is 12.2 Å². The molecule has 0 bridgehead atoms. The number of nitrogens with one attached hydrogen (secondary N) is 3. The van der Waals surface area contributed by atoms with Gasteiger partial charge in [0.2, 0.25) is 11.8 Å². The third-order valence-electron chi connectivity index (χ3n) is 8.28. The Kier molecular flexibility index (Phi) is 6.41. The van der Waals surface area contributed by atoms with E-state index in [1.54, 1.807) is 23.2 Å².